The van der Waals surface area contributed by atoms with Crippen molar-refractivity contribution in [3.8, 4) is 0 Å². The van der Waals surface area contributed by atoms with Crippen LogP contribution in [0.3, 0.4) is 0 Å². The number of amides is 2. The highest BCUT2D eigenvalue weighted by atomic mass is 35.5. The number of rotatable bonds is 3. The van der Waals surface area contributed by atoms with E-state index in [1.807, 2.05) is 0 Å². The first-order valence-corrected chi connectivity index (χ1v) is 5.84. The van der Waals surface area contributed by atoms with Gasteiger partial charge in [0.05, 0.1) is 5.92 Å². The van der Waals surface area contributed by atoms with Gasteiger partial charge in [0.2, 0.25) is 0 Å². The van der Waals surface area contributed by atoms with E-state index in [2.05, 4.69) is 0 Å². The van der Waals surface area contributed by atoms with Crippen molar-refractivity contribution in [1.82, 2.24) is 4.90 Å². The van der Waals surface area contributed by atoms with Gasteiger partial charge in [-0.1, -0.05) is 0 Å². The Kier molecular flexibility index (Phi) is 4.90. The molecule has 0 radical (unpaired) electrons. The van der Waals surface area contributed by atoms with E-state index < -0.39 is 5.97 Å². The molecule has 0 unspecified atom stereocenters. The first-order chi connectivity index (χ1) is 8.08. The molecule has 2 amide bonds. The van der Waals surface area contributed by atoms with E-state index in [9.17, 15) is 14.4 Å². The molecule has 0 aromatic carbocycles. The summed E-state index contributed by atoms with van der Waals surface area (Å²) in [7, 11) is 0. The first-order valence-electron chi connectivity index (χ1n) is 5.84. The molecular weight excluding hydrogens is 258 g/mol. The molecule has 1 fully saturated rings. The molecule has 2 aliphatic rings. The highest BCUT2D eigenvalue weighted by Gasteiger charge is 2.30. The third-order valence-electron chi connectivity index (χ3n) is 3.54. The van der Waals surface area contributed by atoms with Crippen LogP contribution in [0.2, 0.25) is 0 Å². The fraction of sp³-hybridized carbons (Fsp3) is 0.583. The molecule has 1 aliphatic heterocycles. The van der Waals surface area contributed by atoms with Crippen LogP contribution in [0.5, 0.6) is 0 Å². The largest absolute Gasteiger partial charge is 0.481 e. The number of carboxylic acids is 1. The minimum absolute atomic E-state index is 0. The lowest BCUT2D eigenvalue weighted by Crippen LogP contribution is -2.36. The maximum absolute atomic E-state index is 11.4. The van der Waals surface area contributed by atoms with Gasteiger partial charge in [0.1, 0.15) is 0 Å². The second-order valence-electron chi connectivity index (χ2n) is 4.68. The molecule has 0 saturated heterocycles. The number of nitrogens with zero attached hydrogens (tertiary/aromatic N) is 1. The average molecular weight is 274 g/mol. The van der Waals surface area contributed by atoms with Crippen molar-refractivity contribution < 1.29 is 19.5 Å². The van der Waals surface area contributed by atoms with E-state index in [1.165, 1.54) is 17.1 Å². The molecule has 0 bridgehead atoms. The quantitative estimate of drug-likeness (QED) is 0.785. The third-order valence-corrected chi connectivity index (χ3v) is 3.54. The molecule has 6 heteroatoms. The monoisotopic (exact) mass is 273 g/mol. The number of carbonyl (C=O) groups excluding carboxylic acids is 2. The first kappa shape index (κ1) is 14.7. The lowest BCUT2D eigenvalue weighted by Gasteiger charge is -2.28. The van der Waals surface area contributed by atoms with Gasteiger partial charge < -0.3 is 5.11 Å². The molecule has 1 saturated carbocycles. The van der Waals surface area contributed by atoms with Crippen molar-refractivity contribution in [2.45, 2.75) is 25.7 Å². The van der Waals surface area contributed by atoms with Crippen LogP contribution in [0.1, 0.15) is 25.7 Å². The topological polar surface area (TPSA) is 74.7 Å². The second-order valence-corrected chi connectivity index (χ2v) is 4.68. The van der Waals surface area contributed by atoms with Gasteiger partial charge in [-0.15, -0.1) is 12.4 Å². The number of hydrogen-bond donors (Lipinski definition) is 1. The Balaban J connectivity index is 0.00000162. The molecule has 1 heterocycles. The molecule has 0 aromatic heterocycles. The number of carbonyl (C=O) groups is 3. The van der Waals surface area contributed by atoms with Gasteiger partial charge in [-0.25, -0.2) is 0 Å². The summed E-state index contributed by atoms with van der Waals surface area (Å²) >= 11 is 0. The Morgan fingerprint density at radius 3 is 2.11 bits per heavy atom. The minimum atomic E-state index is -0.738. The van der Waals surface area contributed by atoms with E-state index in [0.717, 1.165) is 12.8 Å². The van der Waals surface area contributed by atoms with E-state index in [4.69, 9.17) is 5.11 Å². The zero-order chi connectivity index (χ0) is 12.4. The summed E-state index contributed by atoms with van der Waals surface area (Å²) in [4.78, 5) is 34.7. The van der Waals surface area contributed by atoms with E-state index >= 15 is 0 Å². The number of imide groups is 1. The number of carboxylic acid groups (broad SMARTS) is 1. The van der Waals surface area contributed by atoms with Gasteiger partial charge in [-0.2, -0.15) is 0 Å². The summed E-state index contributed by atoms with van der Waals surface area (Å²) in [5.41, 5.74) is 0. The van der Waals surface area contributed by atoms with Crippen molar-refractivity contribution >= 4 is 30.2 Å². The molecule has 5 nitrogen and oxygen atoms in total. The highest BCUT2D eigenvalue weighted by Crippen LogP contribution is 2.29. The second kappa shape index (κ2) is 6.00. The maximum Gasteiger partial charge on any atom is 0.306 e. The third kappa shape index (κ3) is 3.10. The van der Waals surface area contributed by atoms with E-state index in [1.54, 1.807) is 0 Å². The van der Waals surface area contributed by atoms with Gasteiger partial charge in [-0.3, -0.25) is 19.3 Å². The Morgan fingerprint density at radius 2 is 1.67 bits per heavy atom. The Hall–Kier alpha value is -1.36. The van der Waals surface area contributed by atoms with Crippen LogP contribution < -0.4 is 0 Å². The number of aliphatic carboxylic acids is 1. The van der Waals surface area contributed by atoms with Crippen molar-refractivity contribution in [1.29, 1.82) is 0 Å². The summed E-state index contributed by atoms with van der Waals surface area (Å²) in [5.74, 6) is -1.25. The molecule has 18 heavy (non-hydrogen) atoms. The van der Waals surface area contributed by atoms with Crippen molar-refractivity contribution in [2.75, 3.05) is 6.54 Å². The maximum atomic E-state index is 11.4. The summed E-state index contributed by atoms with van der Waals surface area (Å²) in [5, 5.41) is 8.86. The van der Waals surface area contributed by atoms with Crippen LogP contribution in [-0.4, -0.2) is 34.3 Å². The lowest BCUT2D eigenvalue weighted by molar-refractivity contribution is -0.144. The number of hydrogen-bond acceptors (Lipinski definition) is 3. The zero-order valence-corrected chi connectivity index (χ0v) is 10.7. The van der Waals surface area contributed by atoms with Crippen LogP contribution in [0, 0.1) is 11.8 Å². The van der Waals surface area contributed by atoms with Gasteiger partial charge in [0.15, 0.2) is 0 Å². The molecule has 1 N–H and O–H groups in total. The molecule has 2 rings (SSSR count). The molecule has 100 valence electrons. The predicted molar refractivity (Wildman–Crippen MR) is 66.2 cm³/mol. The standard InChI is InChI=1S/C12H15NO4.ClH/c14-10-5-6-11(15)13(10)7-8-1-3-9(4-2-8)12(16)17;/h5-6,8-9H,1-4,7H2,(H,16,17);1H. The van der Waals surface area contributed by atoms with Gasteiger partial charge >= 0.3 is 5.97 Å². The Morgan fingerprint density at radius 1 is 1.17 bits per heavy atom. The predicted octanol–water partition coefficient (Wildman–Crippen LogP) is 1.22. The lowest BCUT2D eigenvalue weighted by atomic mass is 9.82. The average Bonchev–Trinajstić information content (AvgIpc) is 2.61. The Bertz CT molecular complexity index is 368. The van der Waals surface area contributed by atoms with Crippen molar-refractivity contribution in [3.05, 3.63) is 12.2 Å². The van der Waals surface area contributed by atoms with E-state index in [0.29, 0.717) is 19.4 Å². The van der Waals surface area contributed by atoms with Gasteiger partial charge in [0.25, 0.3) is 11.8 Å². The zero-order valence-electron chi connectivity index (χ0n) is 9.87. The summed E-state index contributed by atoms with van der Waals surface area (Å²) in [6, 6.07) is 0. The van der Waals surface area contributed by atoms with E-state index in [-0.39, 0.29) is 36.1 Å². The SMILES string of the molecule is Cl.O=C(O)C1CCC(CN2C(=O)C=CC2=O)CC1. The molecule has 1 aliphatic carbocycles. The smallest absolute Gasteiger partial charge is 0.306 e. The normalized spacial score (nSPS) is 27.2. The van der Waals surface area contributed by atoms with Crippen LogP contribution in [0.15, 0.2) is 12.2 Å². The molecule has 0 spiro atoms. The fourth-order valence-electron chi connectivity index (χ4n) is 2.46. The molecule has 0 aromatic rings. The van der Waals surface area contributed by atoms with Crippen LogP contribution in [0.4, 0.5) is 0 Å². The van der Waals surface area contributed by atoms with Gasteiger partial charge in [-0.05, 0) is 31.6 Å². The molecule has 0 atom stereocenters. The Labute approximate surface area is 111 Å². The summed E-state index contributed by atoms with van der Waals surface area (Å²) in [6.07, 6.45) is 5.39. The van der Waals surface area contributed by atoms with Crippen molar-refractivity contribution in [3.63, 3.8) is 0 Å². The molecular formula is C12H16ClNO4. The summed E-state index contributed by atoms with van der Waals surface area (Å²) in [6.45, 7) is 0.428. The van der Waals surface area contributed by atoms with Crippen molar-refractivity contribution in [2.24, 2.45) is 11.8 Å². The fourth-order valence-corrected chi connectivity index (χ4v) is 2.46. The minimum Gasteiger partial charge on any atom is -0.481 e. The van der Waals surface area contributed by atoms with Crippen LogP contribution in [-0.2, 0) is 14.4 Å². The highest BCUT2D eigenvalue weighted by molar-refractivity contribution is 6.12. The number of halogens is 1. The summed E-state index contributed by atoms with van der Waals surface area (Å²) < 4.78 is 0. The van der Waals surface area contributed by atoms with Gasteiger partial charge in [0, 0.05) is 18.7 Å². The van der Waals surface area contributed by atoms with Crippen LogP contribution >= 0.6 is 12.4 Å². The van der Waals surface area contributed by atoms with Crippen LogP contribution in [0.25, 0.3) is 0 Å².